The first-order chi connectivity index (χ1) is 6.40. The molecule has 13 heavy (non-hydrogen) atoms. The Kier molecular flexibility index (Phi) is 2.08. The Labute approximate surface area is 76.1 Å². The molecule has 3 nitrogen and oxygen atoms in total. The SMILES string of the molecule is O=CC1COC(c2ccccc2)=N1. The van der Waals surface area contributed by atoms with Crippen LogP contribution >= 0.6 is 0 Å². The second kappa shape index (κ2) is 3.39. The normalized spacial score (nSPS) is 20.6. The van der Waals surface area contributed by atoms with Gasteiger partial charge < -0.3 is 9.53 Å². The van der Waals surface area contributed by atoms with Crippen molar-refractivity contribution in [2.75, 3.05) is 6.61 Å². The van der Waals surface area contributed by atoms with E-state index in [1.165, 1.54) is 0 Å². The average molecular weight is 175 g/mol. The predicted octanol–water partition coefficient (Wildman–Crippen LogP) is 1.03. The molecule has 1 aliphatic heterocycles. The average Bonchev–Trinajstić information content (AvgIpc) is 2.67. The number of ether oxygens (including phenoxy) is 1. The Balaban J connectivity index is 2.24. The smallest absolute Gasteiger partial charge is 0.216 e. The first-order valence-electron chi connectivity index (χ1n) is 4.11. The second-order valence-electron chi connectivity index (χ2n) is 2.81. The lowest BCUT2D eigenvalue weighted by Gasteiger charge is -1.98. The van der Waals surface area contributed by atoms with Crippen LogP contribution in [0.4, 0.5) is 0 Å². The zero-order valence-corrected chi connectivity index (χ0v) is 7.01. The topological polar surface area (TPSA) is 38.7 Å². The van der Waals surface area contributed by atoms with Crippen LogP contribution in [0.25, 0.3) is 0 Å². The maximum atomic E-state index is 10.4. The van der Waals surface area contributed by atoms with Crippen molar-refractivity contribution < 1.29 is 9.53 Å². The van der Waals surface area contributed by atoms with Gasteiger partial charge in [0.1, 0.15) is 18.9 Å². The summed E-state index contributed by atoms with van der Waals surface area (Å²) in [4.78, 5) is 14.5. The number of rotatable bonds is 2. The van der Waals surface area contributed by atoms with E-state index in [4.69, 9.17) is 4.74 Å². The van der Waals surface area contributed by atoms with E-state index >= 15 is 0 Å². The number of hydrogen-bond acceptors (Lipinski definition) is 3. The van der Waals surface area contributed by atoms with E-state index in [1.54, 1.807) is 0 Å². The number of carbonyl (C=O) groups is 1. The third-order valence-corrected chi connectivity index (χ3v) is 1.85. The van der Waals surface area contributed by atoms with E-state index in [0.717, 1.165) is 11.8 Å². The van der Waals surface area contributed by atoms with E-state index in [-0.39, 0.29) is 6.04 Å². The molecule has 1 heterocycles. The van der Waals surface area contributed by atoms with Crippen molar-refractivity contribution in [3.63, 3.8) is 0 Å². The number of carbonyl (C=O) groups excluding carboxylic acids is 1. The molecule has 0 radical (unpaired) electrons. The fourth-order valence-electron chi connectivity index (χ4n) is 1.20. The van der Waals surface area contributed by atoms with E-state index in [2.05, 4.69) is 4.99 Å². The number of benzene rings is 1. The minimum absolute atomic E-state index is 0.324. The molecule has 0 saturated carbocycles. The Morgan fingerprint density at radius 3 is 2.77 bits per heavy atom. The van der Waals surface area contributed by atoms with Crippen LogP contribution in [0.2, 0.25) is 0 Å². The third-order valence-electron chi connectivity index (χ3n) is 1.85. The number of aliphatic imine (C=N–C) groups is 1. The van der Waals surface area contributed by atoms with Crippen molar-refractivity contribution in [1.82, 2.24) is 0 Å². The molecule has 0 bridgehead atoms. The first-order valence-corrected chi connectivity index (χ1v) is 4.11. The van der Waals surface area contributed by atoms with Crippen LogP contribution < -0.4 is 0 Å². The molecule has 0 fully saturated rings. The Hall–Kier alpha value is -1.64. The molecule has 0 N–H and O–H groups in total. The number of nitrogens with zero attached hydrogens (tertiary/aromatic N) is 1. The molecule has 66 valence electrons. The minimum Gasteiger partial charge on any atom is -0.475 e. The summed E-state index contributed by atoms with van der Waals surface area (Å²) in [6.07, 6.45) is 0.802. The Morgan fingerprint density at radius 1 is 1.38 bits per heavy atom. The van der Waals surface area contributed by atoms with Crippen LogP contribution in [0.5, 0.6) is 0 Å². The van der Waals surface area contributed by atoms with Gasteiger partial charge in [0, 0.05) is 5.56 Å². The van der Waals surface area contributed by atoms with E-state index in [9.17, 15) is 4.79 Å². The molecule has 0 amide bonds. The van der Waals surface area contributed by atoms with Crippen molar-refractivity contribution in [3.8, 4) is 0 Å². The molecule has 0 aliphatic carbocycles. The summed E-state index contributed by atoms with van der Waals surface area (Å²) in [5.41, 5.74) is 0.923. The molecule has 1 unspecified atom stereocenters. The molecule has 1 atom stereocenters. The van der Waals surface area contributed by atoms with Gasteiger partial charge in [0.15, 0.2) is 0 Å². The molecule has 2 rings (SSSR count). The van der Waals surface area contributed by atoms with E-state index in [1.807, 2.05) is 30.3 Å². The maximum Gasteiger partial charge on any atom is 0.216 e. The maximum absolute atomic E-state index is 10.4. The van der Waals surface area contributed by atoms with Crippen LogP contribution in [0.1, 0.15) is 5.56 Å². The lowest BCUT2D eigenvalue weighted by Crippen LogP contribution is -2.06. The van der Waals surface area contributed by atoms with Crippen molar-refractivity contribution in [2.24, 2.45) is 4.99 Å². The summed E-state index contributed by atoms with van der Waals surface area (Å²) in [6.45, 7) is 0.369. The van der Waals surface area contributed by atoms with Crippen molar-refractivity contribution in [1.29, 1.82) is 0 Å². The van der Waals surface area contributed by atoms with Gasteiger partial charge in [-0.25, -0.2) is 4.99 Å². The second-order valence-corrected chi connectivity index (χ2v) is 2.81. The van der Waals surface area contributed by atoms with Gasteiger partial charge in [-0.15, -0.1) is 0 Å². The van der Waals surface area contributed by atoms with E-state index in [0.29, 0.717) is 12.5 Å². The molecule has 1 aromatic carbocycles. The van der Waals surface area contributed by atoms with Crippen molar-refractivity contribution in [3.05, 3.63) is 35.9 Å². The number of aldehydes is 1. The van der Waals surface area contributed by atoms with Crippen LogP contribution in [0.15, 0.2) is 35.3 Å². The third kappa shape index (κ3) is 1.59. The molecule has 1 aromatic rings. The lowest BCUT2D eigenvalue weighted by molar-refractivity contribution is -0.109. The first kappa shape index (κ1) is 7.98. The van der Waals surface area contributed by atoms with Gasteiger partial charge in [-0.05, 0) is 12.1 Å². The van der Waals surface area contributed by atoms with Gasteiger partial charge in [0.25, 0.3) is 0 Å². The minimum atomic E-state index is -0.324. The van der Waals surface area contributed by atoms with Crippen molar-refractivity contribution >= 4 is 12.2 Å². The quantitative estimate of drug-likeness (QED) is 0.630. The Bertz CT molecular complexity index is 332. The zero-order valence-electron chi connectivity index (χ0n) is 7.01. The molecule has 0 spiro atoms. The van der Waals surface area contributed by atoms with Crippen LogP contribution in [0.3, 0.4) is 0 Å². The van der Waals surface area contributed by atoms with Gasteiger partial charge in [-0.1, -0.05) is 18.2 Å². The van der Waals surface area contributed by atoms with Gasteiger partial charge in [0.05, 0.1) is 0 Å². The fraction of sp³-hybridized carbons (Fsp3) is 0.200. The summed E-state index contributed by atoms with van der Waals surface area (Å²) in [5, 5.41) is 0. The van der Waals surface area contributed by atoms with Crippen LogP contribution in [-0.2, 0) is 9.53 Å². The Morgan fingerprint density at radius 2 is 2.15 bits per heavy atom. The standard InChI is InChI=1S/C10H9NO2/c12-6-9-7-13-10(11-9)8-4-2-1-3-5-8/h1-6,9H,7H2. The van der Waals surface area contributed by atoms with Gasteiger partial charge in [-0.3, -0.25) is 0 Å². The van der Waals surface area contributed by atoms with Crippen LogP contribution in [-0.4, -0.2) is 24.8 Å². The number of hydrogen-bond donors (Lipinski definition) is 0. The summed E-state index contributed by atoms with van der Waals surface area (Å²) in [7, 11) is 0. The molecular weight excluding hydrogens is 166 g/mol. The molecule has 0 saturated heterocycles. The fourth-order valence-corrected chi connectivity index (χ4v) is 1.20. The van der Waals surface area contributed by atoms with Gasteiger partial charge >= 0.3 is 0 Å². The molecule has 0 aromatic heterocycles. The molecule has 1 aliphatic rings. The van der Waals surface area contributed by atoms with Gasteiger partial charge in [-0.2, -0.15) is 0 Å². The summed E-state index contributed by atoms with van der Waals surface area (Å²) >= 11 is 0. The molecular formula is C10H9NO2. The highest BCUT2D eigenvalue weighted by atomic mass is 16.5. The summed E-state index contributed by atoms with van der Waals surface area (Å²) in [5.74, 6) is 0.567. The lowest BCUT2D eigenvalue weighted by atomic mass is 10.2. The summed E-state index contributed by atoms with van der Waals surface area (Å²) < 4.78 is 5.26. The zero-order chi connectivity index (χ0) is 9.10. The van der Waals surface area contributed by atoms with Gasteiger partial charge in [0.2, 0.25) is 5.90 Å². The predicted molar refractivity (Wildman–Crippen MR) is 48.8 cm³/mol. The van der Waals surface area contributed by atoms with E-state index < -0.39 is 0 Å². The molecule has 3 heteroatoms. The highest BCUT2D eigenvalue weighted by Crippen LogP contribution is 2.10. The summed E-state index contributed by atoms with van der Waals surface area (Å²) in [6, 6.07) is 9.24. The largest absolute Gasteiger partial charge is 0.475 e. The van der Waals surface area contributed by atoms with Crippen molar-refractivity contribution in [2.45, 2.75) is 6.04 Å². The van der Waals surface area contributed by atoms with Crippen LogP contribution in [0, 0.1) is 0 Å². The highest BCUT2D eigenvalue weighted by Gasteiger charge is 2.18. The monoisotopic (exact) mass is 175 g/mol. The highest BCUT2D eigenvalue weighted by molar-refractivity contribution is 5.96.